The van der Waals surface area contributed by atoms with E-state index in [1.165, 1.54) is 0 Å². The molecule has 1 saturated carbocycles. The lowest BCUT2D eigenvalue weighted by molar-refractivity contribution is 0.0879. The number of rotatable bonds is 14. The summed E-state index contributed by atoms with van der Waals surface area (Å²) < 4.78 is 16.8. The summed E-state index contributed by atoms with van der Waals surface area (Å²) in [7, 11) is 0. The first-order valence-corrected chi connectivity index (χ1v) is 11.1. The third kappa shape index (κ3) is 9.74. The van der Waals surface area contributed by atoms with Gasteiger partial charge in [-0.1, -0.05) is 17.7 Å². The number of carbonyl (C=O) groups excluding carboxylic acids is 1. The Morgan fingerprint density at radius 3 is 2.53 bits per heavy atom. The van der Waals surface area contributed by atoms with Gasteiger partial charge in [0.15, 0.2) is 0 Å². The van der Waals surface area contributed by atoms with Crippen molar-refractivity contribution in [1.82, 2.24) is 10.6 Å². The van der Waals surface area contributed by atoms with Crippen LogP contribution in [-0.2, 0) is 4.74 Å². The Morgan fingerprint density at radius 2 is 1.81 bits per heavy atom. The maximum Gasteiger partial charge on any atom is 0.319 e. The Labute approximate surface area is 193 Å². The minimum Gasteiger partial charge on any atom is -0.491 e. The monoisotopic (exact) mass is 463 g/mol. The number of halogens is 1. The number of amides is 2. The molecule has 1 fully saturated rings. The van der Waals surface area contributed by atoms with Crippen LogP contribution in [0.15, 0.2) is 48.5 Å². The molecule has 3 rings (SSSR count). The molecule has 1 aliphatic carbocycles. The van der Waals surface area contributed by atoms with E-state index in [9.17, 15) is 9.90 Å². The summed E-state index contributed by atoms with van der Waals surface area (Å²) in [6.45, 7) is 2.55. The zero-order valence-corrected chi connectivity index (χ0v) is 18.6. The number of aliphatic hydroxyl groups is 1. The van der Waals surface area contributed by atoms with Crippen LogP contribution < -0.4 is 25.4 Å². The lowest BCUT2D eigenvalue weighted by atomic mass is 10.3. The van der Waals surface area contributed by atoms with Crippen molar-refractivity contribution in [2.75, 3.05) is 44.8 Å². The topological polar surface area (TPSA) is 101 Å². The molecule has 0 spiro atoms. The minimum absolute atomic E-state index is 0.158. The normalized spacial score (nSPS) is 13.9. The van der Waals surface area contributed by atoms with Crippen molar-refractivity contribution < 1.29 is 24.1 Å². The average Bonchev–Trinajstić information content (AvgIpc) is 3.60. The molecule has 2 aromatic carbocycles. The molecule has 0 aromatic heterocycles. The molecule has 1 unspecified atom stereocenters. The van der Waals surface area contributed by atoms with Gasteiger partial charge in [-0.05, 0) is 55.3 Å². The van der Waals surface area contributed by atoms with Gasteiger partial charge in [0.1, 0.15) is 30.8 Å². The second-order valence-corrected chi connectivity index (χ2v) is 7.89. The molecule has 2 amide bonds. The third-order valence-corrected chi connectivity index (χ3v) is 4.78. The van der Waals surface area contributed by atoms with E-state index in [-0.39, 0.29) is 12.6 Å². The smallest absolute Gasteiger partial charge is 0.319 e. The second kappa shape index (κ2) is 13.1. The van der Waals surface area contributed by atoms with Gasteiger partial charge in [0, 0.05) is 30.3 Å². The van der Waals surface area contributed by atoms with Crippen LogP contribution >= 0.6 is 11.6 Å². The van der Waals surface area contributed by atoms with Crippen LogP contribution in [0.5, 0.6) is 11.5 Å². The SMILES string of the molecule is O=C(NCCNCC(O)COc1ccc(OCCOC2CC2)cc1)Nc1cccc(Cl)c1. The summed E-state index contributed by atoms with van der Waals surface area (Å²) in [4.78, 5) is 11.8. The number of aliphatic hydroxyl groups excluding tert-OH is 1. The van der Waals surface area contributed by atoms with Gasteiger partial charge in [-0.3, -0.25) is 0 Å². The van der Waals surface area contributed by atoms with Gasteiger partial charge in [-0.15, -0.1) is 0 Å². The molecule has 8 nitrogen and oxygen atoms in total. The highest BCUT2D eigenvalue weighted by molar-refractivity contribution is 6.30. The van der Waals surface area contributed by atoms with Crippen molar-refractivity contribution in [2.24, 2.45) is 0 Å². The number of hydrogen-bond donors (Lipinski definition) is 4. The third-order valence-electron chi connectivity index (χ3n) is 4.55. The second-order valence-electron chi connectivity index (χ2n) is 7.45. The molecule has 174 valence electrons. The average molecular weight is 464 g/mol. The van der Waals surface area contributed by atoms with E-state index >= 15 is 0 Å². The molecule has 0 bridgehead atoms. The van der Waals surface area contributed by atoms with E-state index in [2.05, 4.69) is 16.0 Å². The van der Waals surface area contributed by atoms with Crippen molar-refractivity contribution in [3.05, 3.63) is 53.6 Å². The van der Waals surface area contributed by atoms with E-state index in [1.54, 1.807) is 36.4 Å². The lowest BCUT2D eigenvalue weighted by Gasteiger charge is -2.14. The molecule has 0 aliphatic heterocycles. The number of carbonyl (C=O) groups is 1. The van der Waals surface area contributed by atoms with Crippen LogP contribution in [0.25, 0.3) is 0 Å². The molecule has 32 heavy (non-hydrogen) atoms. The van der Waals surface area contributed by atoms with Crippen molar-refractivity contribution in [1.29, 1.82) is 0 Å². The zero-order chi connectivity index (χ0) is 22.6. The Balaban J connectivity index is 1.20. The molecule has 9 heteroatoms. The van der Waals surface area contributed by atoms with Gasteiger partial charge < -0.3 is 35.3 Å². The van der Waals surface area contributed by atoms with Gasteiger partial charge in [0.25, 0.3) is 0 Å². The summed E-state index contributed by atoms with van der Waals surface area (Å²) in [5.74, 6) is 1.41. The number of hydrogen-bond acceptors (Lipinski definition) is 6. The summed E-state index contributed by atoms with van der Waals surface area (Å²) in [6.07, 6.45) is 2.08. The first-order valence-electron chi connectivity index (χ1n) is 10.7. The molecule has 0 heterocycles. The summed E-state index contributed by atoms with van der Waals surface area (Å²) in [6, 6.07) is 13.9. The standard InChI is InChI=1S/C23H30ClN3O5/c24-17-2-1-3-18(14-17)27-23(29)26-11-10-25-15-19(28)16-32-22-8-6-21(7-9-22)31-13-12-30-20-4-5-20/h1-3,6-9,14,19-20,25,28H,4-5,10-13,15-16H2,(H2,26,27,29). The molecule has 0 radical (unpaired) electrons. The quantitative estimate of drug-likeness (QED) is 0.321. The van der Waals surface area contributed by atoms with Gasteiger partial charge >= 0.3 is 6.03 Å². The molecule has 1 atom stereocenters. The van der Waals surface area contributed by atoms with Crippen LogP contribution in [-0.4, -0.2) is 62.8 Å². The Kier molecular flexibility index (Phi) is 9.90. The number of nitrogens with one attached hydrogen (secondary N) is 3. The summed E-state index contributed by atoms with van der Waals surface area (Å²) in [5.41, 5.74) is 0.623. The highest BCUT2D eigenvalue weighted by atomic mass is 35.5. The van der Waals surface area contributed by atoms with E-state index in [0.29, 0.717) is 55.4 Å². The maximum absolute atomic E-state index is 11.8. The zero-order valence-electron chi connectivity index (χ0n) is 17.9. The van der Waals surface area contributed by atoms with Crippen LogP contribution in [0, 0.1) is 0 Å². The number of benzene rings is 2. The predicted molar refractivity (Wildman–Crippen MR) is 124 cm³/mol. The van der Waals surface area contributed by atoms with Crippen LogP contribution in [0.4, 0.5) is 10.5 Å². The number of urea groups is 1. The van der Waals surface area contributed by atoms with Crippen LogP contribution in [0.3, 0.4) is 0 Å². The first kappa shape index (κ1) is 24.1. The van der Waals surface area contributed by atoms with Crippen LogP contribution in [0.1, 0.15) is 12.8 Å². The maximum atomic E-state index is 11.8. The molecule has 0 saturated heterocycles. The van der Waals surface area contributed by atoms with E-state index in [1.807, 2.05) is 12.1 Å². The van der Waals surface area contributed by atoms with E-state index < -0.39 is 6.10 Å². The Bertz CT molecular complexity index is 833. The predicted octanol–water partition coefficient (Wildman–Crippen LogP) is 3.05. The Morgan fingerprint density at radius 1 is 1.06 bits per heavy atom. The fourth-order valence-electron chi connectivity index (χ4n) is 2.77. The molecule has 1 aliphatic rings. The number of ether oxygens (including phenoxy) is 3. The molecular formula is C23H30ClN3O5. The largest absolute Gasteiger partial charge is 0.491 e. The molecular weight excluding hydrogens is 434 g/mol. The van der Waals surface area contributed by atoms with Gasteiger partial charge in [-0.25, -0.2) is 4.79 Å². The van der Waals surface area contributed by atoms with Crippen molar-refractivity contribution >= 4 is 23.3 Å². The van der Waals surface area contributed by atoms with Crippen molar-refractivity contribution in [3.8, 4) is 11.5 Å². The first-order chi connectivity index (χ1) is 15.6. The lowest BCUT2D eigenvalue weighted by Crippen LogP contribution is -2.38. The van der Waals surface area contributed by atoms with Gasteiger partial charge in [0.2, 0.25) is 0 Å². The highest BCUT2D eigenvalue weighted by Gasteiger charge is 2.21. The van der Waals surface area contributed by atoms with E-state index in [4.69, 9.17) is 25.8 Å². The van der Waals surface area contributed by atoms with Gasteiger partial charge in [-0.2, -0.15) is 0 Å². The Hall–Kier alpha value is -2.52. The summed E-state index contributed by atoms with van der Waals surface area (Å²) in [5, 5.41) is 19.1. The number of anilines is 1. The van der Waals surface area contributed by atoms with Crippen LogP contribution in [0.2, 0.25) is 5.02 Å². The van der Waals surface area contributed by atoms with Crippen molar-refractivity contribution in [2.45, 2.75) is 25.0 Å². The molecule has 2 aromatic rings. The fraction of sp³-hybridized carbons (Fsp3) is 0.435. The minimum atomic E-state index is -0.675. The fourth-order valence-corrected chi connectivity index (χ4v) is 2.96. The van der Waals surface area contributed by atoms with Gasteiger partial charge in [0.05, 0.1) is 12.7 Å². The summed E-state index contributed by atoms with van der Waals surface area (Å²) >= 11 is 5.88. The van der Waals surface area contributed by atoms with E-state index in [0.717, 1.165) is 18.6 Å². The van der Waals surface area contributed by atoms with Crippen molar-refractivity contribution in [3.63, 3.8) is 0 Å². The molecule has 4 N–H and O–H groups in total. The highest BCUT2D eigenvalue weighted by Crippen LogP contribution is 2.23.